The quantitative estimate of drug-likeness (QED) is 0.773. The van der Waals surface area contributed by atoms with Crippen LogP contribution >= 0.6 is 0 Å². The van der Waals surface area contributed by atoms with Crippen LogP contribution in [0.3, 0.4) is 0 Å². The molecule has 2 heterocycles. The lowest BCUT2D eigenvalue weighted by Crippen LogP contribution is -1.98. The van der Waals surface area contributed by atoms with E-state index in [1.807, 2.05) is 29.7 Å². The number of imidazole rings is 1. The second kappa shape index (κ2) is 3.31. The molecule has 0 unspecified atom stereocenters. The van der Waals surface area contributed by atoms with Gasteiger partial charge in [-0.3, -0.25) is 0 Å². The lowest BCUT2D eigenvalue weighted by atomic mass is 10.3. The molecule has 0 amide bonds. The van der Waals surface area contributed by atoms with Gasteiger partial charge in [-0.05, 0) is 13.0 Å². The van der Waals surface area contributed by atoms with Crippen LogP contribution < -0.4 is 10.5 Å². The first-order chi connectivity index (χ1) is 6.76. The molecule has 2 N–H and O–H groups in total. The number of fused-ring (bicyclic) bond motifs is 1. The van der Waals surface area contributed by atoms with Gasteiger partial charge in [-0.25, -0.2) is 4.98 Å². The van der Waals surface area contributed by atoms with Crippen molar-refractivity contribution < 1.29 is 4.74 Å². The maximum absolute atomic E-state index is 5.58. The zero-order valence-electron chi connectivity index (χ0n) is 8.32. The summed E-state index contributed by atoms with van der Waals surface area (Å²) < 4.78 is 7.13. The van der Waals surface area contributed by atoms with Crippen molar-refractivity contribution >= 4 is 5.65 Å². The van der Waals surface area contributed by atoms with Crippen LogP contribution in [0.2, 0.25) is 0 Å². The summed E-state index contributed by atoms with van der Waals surface area (Å²) >= 11 is 0. The maximum Gasteiger partial charge on any atom is 0.140 e. The number of ether oxygens (including phenoxy) is 1. The van der Waals surface area contributed by atoms with E-state index in [2.05, 4.69) is 4.98 Å². The monoisotopic (exact) mass is 191 g/mol. The van der Waals surface area contributed by atoms with Crippen molar-refractivity contribution in [3.8, 4) is 5.75 Å². The minimum atomic E-state index is 0.468. The van der Waals surface area contributed by atoms with Crippen molar-refractivity contribution in [2.24, 2.45) is 5.73 Å². The summed E-state index contributed by atoms with van der Waals surface area (Å²) in [5.41, 5.74) is 8.47. The van der Waals surface area contributed by atoms with Gasteiger partial charge in [-0.1, -0.05) is 0 Å². The van der Waals surface area contributed by atoms with E-state index >= 15 is 0 Å². The number of hydrogen-bond donors (Lipinski definition) is 1. The van der Waals surface area contributed by atoms with Crippen LogP contribution in [0.5, 0.6) is 5.75 Å². The Morgan fingerprint density at radius 2 is 2.36 bits per heavy atom. The van der Waals surface area contributed by atoms with Crippen LogP contribution in [0.4, 0.5) is 0 Å². The summed E-state index contributed by atoms with van der Waals surface area (Å²) in [5.74, 6) is 0.811. The summed E-state index contributed by atoms with van der Waals surface area (Å²) in [4.78, 5) is 4.40. The van der Waals surface area contributed by atoms with E-state index in [1.165, 1.54) is 0 Å². The molecule has 0 aliphatic heterocycles. The number of aryl methyl sites for hydroxylation is 1. The molecule has 4 heteroatoms. The van der Waals surface area contributed by atoms with Gasteiger partial charge in [-0.15, -0.1) is 0 Å². The molecule has 14 heavy (non-hydrogen) atoms. The third-order valence-electron chi connectivity index (χ3n) is 2.36. The van der Waals surface area contributed by atoms with Crippen LogP contribution in [0.15, 0.2) is 18.3 Å². The lowest BCUT2D eigenvalue weighted by Gasteiger charge is -2.00. The molecule has 0 fully saturated rings. The number of methoxy groups -OCH3 is 1. The molecule has 0 radical (unpaired) electrons. The molecule has 0 atom stereocenters. The number of rotatable bonds is 2. The van der Waals surface area contributed by atoms with E-state index in [-0.39, 0.29) is 0 Å². The van der Waals surface area contributed by atoms with Gasteiger partial charge in [0.2, 0.25) is 0 Å². The van der Waals surface area contributed by atoms with Crippen LogP contribution in [0, 0.1) is 6.92 Å². The Bertz CT molecular complexity index is 462. The van der Waals surface area contributed by atoms with E-state index in [9.17, 15) is 0 Å². The Morgan fingerprint density at radius 1 is 1.57 bits per heavy atom. The minimum Gasteiger partial charge on any atom is -0.497 e. The van der Waals surface area contributed by atoms with Gasteiger partial charge in [0.25, 0.3) is 0 Å². The van der Waals surface area contributed by atoms with E-state index in [1.54, 1.807) is 7.11 Å². The molecule has 0 saturated heterocycles. The Labute approximate surface area is 82.3 Å². The molecule has 4 nitrogen and oxygen atoms in total. The topological polar surface area (TPSA) is 52.5 Å². The zero-order chi connectivity index (χ0) is 10.1. The molecule has 0 aliphatic carbocycles. The summed E-state index contributed by atoms with van der Waals surface area (Å²) in [7, 11) is 1.64. The second-order valence-electron chi connectivity index (χ2n) is 3.14. The van der Waals surface area contributed by atoms with Crippen LogP contribution in [-0.2, 0) is 6.54 Å². The standard InChI is InChI=1S/C10H13N3O/c1-7-9(6-11)12-10-5-8(14-2)3-4-13(7)10/h3-5H,6,11H2,1-2H3. The van der Waals surface area contributed by atoms with E-state index in [4.69, 9.17) is 10.5 Å². The van der Waals surface area contributed by atoms with Crippen molar-refractivity contribution in [1.29, 1.82) is 0 Å². The molecule has 74 valence electrons. The summed E-state index contributed by atoms with van der Waals surface area (Å²) in [6.07, 6.45) is 1.94. The Balaban J connectivity index is 2.66. The van der Waals surface area contributed by atoms with Gasteiger partial charge in [0, 0.05) is 24.5 Å². The number of aromatic nitrogens is 2. The molecule has 0 spiro atoms. The second-order valence-corrected chi connectivity index (χ2v) is 3.14. The first-order valence-corrected chi connectivity index (χ1v) is 4.48. The molecule has 0 aromatic carbocycles. The fourth-order valence-electron chi connectivity index (χ4n) is 1.52. The van der Waals surface area contributed by atoms with Gasteiger partial charge in [-0.2, -0.15) is 0 Å². The molecule has 0 saturated carbocycles. The number of pyridine rings is 1. The highest BCUT2D eigenvalue weighted by Crippen LogP contribution is 2.16. The number of nitrogens with two attached hydrogens (primary N) is 1. The maximum atomic E-state index is 5.58. The average Bonchev–Trinajstić information content (AvgIpc) is 2.55. The first-order valence-electron chi connectivity index (χ1n) is 4.48. The van der Waals surface area contributed by atoms with Crippen molar-refractivity contribution in [1.82, 2.24) is 9.38 Å². The van der Waals surface area contributed by atoms with E-state index in [0.717, 1.165) is 22.8 Å². The number of hydrogen-bond acceptors (Lipinski definition) is 3. The smallest absolute Gasteiger partial charge is 0.140 e. The van der Waals surface area contributed by atoms with Crippen molar-refractivity contribution in [2.45, 2.75) is 13.5 Å². The lowest BCUT2D eigenvalue weighted by molar-refractivity contribution is 0.414. The Hall–Kier alpha value is -1.55. The molecular weight excluding hydrogens is 178 g/mol. The summed E-state index contributed by atoms with van der Waals surface area (Å²) in [6.45, 7) is 2.48. The molecular formula is C10H13N3O. The largest absolute Gasteiger partial charge is 0.497 e. The van der Waals surface area contributed by atoms with Gasteiger partial charge >= 0.3 is 0 Å². The normalized spacial score (nSPS) is 10.8. The van der Waals surface area contributed by atoms with E-state index in [0.29, 0.717) is 6.54 Å². The van der Waals surface area contributed by atoms with Crippen molar-refractivity contribution in [3.63, 3.8) is 0 Å². The fraction of sp³-hybridized carbons (Fsp3) is 0.300. The van der Waals surface area contributed by atoms with Crippen LogP contribution in [-0.4, -0.2) is 16.5 Å². The highest BCUT2D eigenvalue weighted by molar-refractivity contribution is 5.47. The Morgan fingerprint density at radius 3 is 3.00 bits per heavy atom. The number of nitrogens with zero attached hydrogens (tertiary/aromatic N) is 2. The summed E-state index contributed by atoms with van der Waals surface area (Å²) in [6, 6.07) is 3.80. The van der Waals surface area contributed by atoms with Crippen molar-refractivity contribution in [3.05, 3.63) is 29.7 Å². The fourth-order valence-corrected chi connectivity index (χ4v) is 1.52. The highest BCUT2D eigenvalue weighted by atomic mass is 16.5. The van der Waals surface area contributed by atoms with Gasteiger partial charge < -0.3 is 14.9 Å². The predicted molar refractivity (Wildman–Crippen MR) is 54.4 cm³/mol. The molecule has 2 aromatic rings. The van der Waals surface area contributed by atoms with Gasteiger partial charge in [0.1, 0.15) is 11.4 Å². The first kappa shape index (κ1) is 9.02. The zero-order valence-corrected chi connectivity index (χ0v) is 8.32. The third-order valence-corrected chi connectivity index (χ3v) is 2.36. The summed E-state index contributed by atoms with van der Waals surface area (Å²) in [5, 5.41) is 0. The third kappa shape index (κ3) is 1.24. The van der Waals surface area contributed by atoms with Gasteiger partial charge in [0.05, 0.1) is 12.8 Å². The predicted octanol–water partition coefficient (Wildman–Crippen LogP) is 1.11. The van der Waals surface area contributed by atoms with Crippen LogP contribution in [0.25, 0.3) is 5.65 Å². The van der Waals surface area contributed by atoms with Gasteiger partial charge in [0.15, 0.2) is 0 Å². The molecule has 2 aromatic heterocycles. The highest BCUT2D eigenvalue weighted by Gasteiger charge is 2.06. The van der Waals surface area contributed by atoms with E-state index < -0.39 is 0 Å². The Kier molecular flexibility index (Phi) is 2.13. The minimum absolute atomic E-state index is 0.468. The molecule has 2 rings (SSSR count). The van der Waals surface area contributed by atoms with Crippen molar-refractivity contribution in [2.75, 3.05) is 7.11 Å². The molecule has 0 bridgehead atoms. The average molecular weight is 191 g/mol. The van der Waals surface area contributed by atoms with Crippen LogP contribution in [0.1, 0.15) is 11.4 Å². The molecule has 0 aliphatic rings. The SMILES string of the molecule is COc1ccn2c(C)c(CN)nc2c1.